The highest BCUT2D eigenvalue weighted by Gasteiger charge is 2.31. The SMILES string of the molecule is CC1CC(C(=O)O)CN(CC(C(C)C)C(C)C)C1. The number of piperidine rings is 1. The second kappa shape index (κ2) is 6.55. The van der Waals surface area contributed by atoms with Crippen LogP contribution in [0.5, 0.6) is 0 Å². The first-order valence-corrected chi connectivity index (χ1v) is 7.26. The lowest BCUT2D eigenvalue weighted by atomic mass is 9.83. The van der Waals surface area contributed by atoms with Crippen molar-refractivity contribution in [1.82, 2.24) is 4.90 Å². The highest BCUT2D eigenvalue weighted by molar-refractivity contribution is 5.70. The number of rotatable bonds is 5. The predicted molar refractivity (Wildman–Crippen MR) is 74.5 cm³/mol. The Hall–Kier alpha value is -0.570. The van der Waals surface area contributed by atoms with Crippen LogP contribution in [0.1, 0.15) is 41.0 Å². The number of carboxylic acids is 1. The molecule has 0 aromatic rings. The third-order valence-electron chi connectivity index (χ3n) is 4.27. The zero-order valence-electron chi connectivity index (χ0n) is 12.5. The maximum Gasteiger partial charge on any atom is 0.307 e. The van der Waals surface area contributed by atoms with Crippen molar-refractivity contribution in [3.63, 3.8) is 0 Å². The standard InChI is InChI=1S/C15H29NO2/c1-10(2)14(11(3)4)9-16-7-12(5)6-13(8-16)15(17)18/h10-14H,6-9H2,1-5H3,(H,17,18). The summed E-state index contributed by atoms with van der Waals surface area (Å²) in [6.07, 6.45) is 0.833. The minimum absolute atomic E-state index is 0.172. The summed E-state index contributed by atoms with van der Waals surface area (Å²) in [5, 5.41) is 9.20. The van der Waals surface area contributed by atoms with Gasteiger partial charge >= 0.3 is 5.97 Å². The van der Waals surface area contributed by atoms with Crippen LogP contribution >= 0.6 is 0 Å². The van der Waals surface area contributed by atoms with Gasteiger partial charge in [-0.15, -0.1) is 0 Å². The quantitative estimate of drug-likeness (QED) is 0.821. The Morgan fingerprint density at radius 1 is 1.22 bits per heavy atom. The van der Waals surface area contributed by atoms with Crippen LogP contribution in [-0.4, -0.2) is 35.6 Å². The highest BCUT2D eigenvalue weighted by Crippen LogP contribution is 2.27. The van der Waals surface area contributed by atoms with E-state index in [2.05, 4.69) is 39.5 Å². The lowest BCUT2D eigenvalue weighted by Gasteiger charge is -2.38. The van der Waals surface area contributed by atoms with E-state index in [0.29, 0.717) is 23.7 Å². The van der Waals surface area contributed by atoms with Crippen LogP contribution in [0.15, 0.2) is 0 Å². The van der Waals surface area contributed by atoms with Crippen LogP contribution in [0.2, 0.25) is 0 Å². The molecule has 2 unspecified atom stereocenters. The molecule has 1 aliphatic heterocycles. The molecular weight excluding hydrogens is 226 g/mol. The summed E-state index contributed by atoms with van der Waals surface area (Å²) in [6, 6.07) is 0. The van der Waals surface area contributed by atoms with E-state index in [-0.39, 0.29) is 5.92 Å². The van der Waals surface area contributed by atoms with E-state index in [1.165, 1.54) is 0 Å². The Balaban J connectivity index is 2.62. The molecule has 0 saturated carbocycles. The summed E-state index contributed by atoms with van der Waals surface area (Å²) >= 11 is 0. The third kappa shape index (κ3) is 4.27. The molecule has 3 heteroatoms. The zero-order chi connectivity index (χ0) is 13.9. The molecule has 106 valence electrons. The summed E-state index contributed by atoms with van der Waals surface area (Å²) in [5.74, 6) is 1.67. The molecule has 0 aromatic heterocycles. The molecule has 0 aromatic carbocycles. The van der Waals surface area contributed by atoms with E-state index in [1.807, 2.05) is 0 Å². The van der Waals surface area contributed by atoms with Gasteiger partial charge in [0.15, 0.2) is 0 Å². The number of aliphatic carboxylic acids is 1. The van der Waals surface area contributed by atoms with Gasteiger partial charge in [-0.25, -0.2) is 0 Å². The lowest BCUT2D eigenvalue weighted by Crippen LogP contribution is -2.45. The smallest absolute Gasteiger partial charge is 0.307 e. The minimum atomic E-state index is -0.628. The van der Waals surface area contributed by atoms with E-state index in [4.69, 9.17) is 0 Å². The molecule has 1 N–H and O–H groups in total. The normalized spacial score (nSPS) is 26.2. The molecule has 0 amide bonds. The van der Waals surface area contributed by atoms with Crippen molar-refractivity contribution in [3.8, 4) is 0 Å². The topological polar surface area (TPSA) is 40.5 Å². The molecule has 1 aliphatic rings. The van der Waals surface area contributed by atoms with Crippen molar-refractivity contribution in [2.45, 2.75) is 41.0 Å². The molecule has 1 saturated heterocycles. The predicted octanol–water partition coefficient (Wildman–Crippen LogP) is 2.96. The fourth-order valence-electron chi connectivity index (χ4n) is 3.28. The van der Waals surface area contributed by atoms with Gasteiger partial charge in [-0.1, -0.05) is 34.6 Å². The van der Waals surface area contributed by atoms with Gasteiger partial charge in [0.25, 0.3) is 0 Å². The Kier molecular flexibility index (Phi) is 5.64. The van der Waals surface area contributed by atoms with Gasteiger partial charge in [0.2, 0.25) is 0 Å². The van der Waals surface area contributed by atoms with Crippen molar-refractivity contribution in [3.05, 3.63) is 0 Å². The number of hydrogen-bond donors (Lipinski definition) is 1. The largest absolute Gasteiger partial charge is 0.481 e. The Morgan fingerprint density at radius 3 is 2.22 bits per heavy atom. The fourth-order valence-corrected chi connectivity index (χ4v) is 3.28. The zero-order valence-corrected chi connectivity index (χ0v) is 12.5. The molecule has 0 aliphatic carbocycles. The van der Waals surface area contributed by atoms with Crippen LogP contribution in [0, 0.1) is 29.6 Å². The van der Waals surface area contributed by atoms with Gasteiger partial charge < -0.3 is 10.0 Å². The Bertz CT molecular complexity index is 268. The molecule has 1 fully saturated rings. The molecule has 0 radical (unpaired) electrons. The van der Waals surface area contributed by atoms with Crippen LogP contribution < -0.4 is 0 Å². The molecular formula is C15H29NO2. The van der Waals surface area contributed by atoms with Crippen LogP contribution in [-0.2, 0) is 4.79 Å². The summed E-state index contributed by atoms with van der Waals surface area (Å²) < 4.78 is 0. The molecule has 1 heterocycles. The number of nitrogens with zero attached hydrogens (tertiary/aromatic N) is 1. The van der Waals surface area contributed by atoms with E-state index in [0.717, 1.165) is 26.1 Å². The fraction of sp³-hybridized carbons (Fsp3) is 0.933. The number of carbonyl (C=O) groups is 1. The van der Waals surface area contributed by atoms with Crippen LogP contribution in [0.4, 0.5) is 0 Å². The van der Waals surface area contributed by atoms with Gasteiger partial charge in [0, 0.05) is 19.6 Å². The second-order valence-corrected chi connectivity index (χ2v) is 6.75. The van der Waals surface area contributed by atoms with Gasteiger partial charge in [0.05, 0.1) is 5.92 Å². The summed E-state index contributed by atoms with van der Waals surface area (Å²) in [5.41, 5.74) is 0. The molecule has 3 nitrogen and oxygen atoms in total. The molecule has 2 atom stereocenters. The average Bonchev–Trinajstić information content (AvgIpc) is 2.24. The van der Waals surface area contributed by atoms with Crippen molar-refractivity contribution in [2.75, 3.05) is 19.6 Å². The van der Waals surface area contributed by atoms with Gasteiger partial charge in [-0.05, 0) is 30.1 Å². The highest BCUT2D eigenvalue weighted by atomic mass is 16.4. The Labute approximate surface area is 112 Å². The molecule has 0 spiro atoms. The monoisotopic (exact) mass is 255 g/mol. The van der Waals surface area contributed by atoms with Crippen molar-refractivity contribution < 1.29 is 9.90 Å². The third-order valence-corrected chi connectivity index (χ3v) is 4.27. The van der Waals surface area contributed by atoms with Crippen LogP contribution in [0.25, 0.3) is 0 Å². The number of hydrogen-bond acceptors (Lipinski definition) is 2. The lowest BCUT2D eigenvalue weighted by molar-refractivity contribution is -0.144. The summed E-state index contributed by atoms with van der Waals surface area (Å²) in [7, 11) is 0. The van der Waals surface area contributed by atoms with E-state index < -0.39 is 5.97 Å². The van der Waals surface area contributed by atoms with E-state index >= 15 is 0 Å². The molecule has 1 rings (SSSR count). The second-order valence-electron chi connectivity index (χ2n) is 6.75. The van der Waals surface area contributed by atoms with Gasteiger partial charge in [-0.3, -0.25) is 4.79 Å². The molecule has 18 heavy (non-hydrogen) atoms. The van der Waals surface area contributed by atoms with Crippen molar-refractivity contribution >= 4 is 5.97 Å². The maximum atomic E-state index is 11.2. The molecule has 0 bridgehead atoms. The number of carboxylic acid groups (broad SMARTS) is 1. The van der Waals surface area contributed by atoms with Gasteiger partial charge in [0.1, 0.15) is 0 Å². The first kappa shape index (κ1) is 15.5. The van der Waals surface area contributed by atoms with E-state index in [1.54, 1.807) is 0 Å². The van der Waals surface area contributed by atoms with Crippen molar-refractivity contribution in [1.29, 1.82) is 0 Å². The van der Waals surface area contributed by atoms with Crippen molar-refractivity contribution in [2.24, 2.45) is 29.6 Å². The first-order valence-electron chi connectivity index (χ1n) is 7.26. The summed E-state index contributed by atoms with van der Waals surface area (Å²) in [4.78, 5) is 13.5. The minimum Gasteiger partial charge on any atom is -0.481 e. The summed E-state index contributed by atoms with van der Waals surface area (Å²) in [6.45, 7) is 14.1. The first-order chi connectivity index (χ1) is 8.31. The average molecular weight is 255 g/mol. The van der Waals surface area contributed by atoms with E-state index in [9.17, 15) is 9.90 Å². The Morgan fingerprint density at radius 2 is 1.78 bits per heavy atom. The van der Waals surface area contributed by atoms with Crippen LogP contribution in [0.3, 0.4) is 0 Å². The van der Waals surface area contributed by atoms with Gasteiger partial charge in [-0.2, -0.15) is 0 Å². The number of likely N-dealkylation sites (tertiary alicyclic amines) is 1. The maximum absolute atomic E-state index is 11.2.